The summed E-state index contributed by atoms with van der Waals surface area (Å²) in [5, 5.41) is 0. The third-order valence-corrected chi connectivity index (χ3v) is 4.61. The predicted octanol–water partition coefficient (Wildman–Crippen LogP) is 4.73. The van der Waals surface area contributed by atoms with Crippen LogP contribution in [0, 0.1) is 17.3 Å². The highest BCUT2D eigenvalue weighted by Gasteiger charge is 2.59. The van der Waals surface area contributed by atoms with Gasteiger partial charge in [-0.1, -0.05) is 30.2 Å². The van der Waals surface area contributed by atoms with Gasteiger partial charge in [0, 0.05) is 0 Å². The smallest absolute Gasteiger partial charge is 0.0138 e. The van der Waals surface area contributed by atoms with Crippen molar-refractivity contribution in [2.75, 3.05) is 0 Å². The number of hydrogen-bond donors (Lipinski definition) is 0. The normalized spacial score (nSPS) is 34.4. The topological polar surface area (TPSA) is 0 Å². The molecular weight excluding hydrogens is 180 g/mol. The summed E-state index contributed by atoms with van der Waals surface area (Å²) in [5.41, 5.74) is 3.84. The Bertz CT molecular complexity index is 304. The maximum Gasteiger partial charge on any atom is -0.0138 e. The fraction of sp³-hybridized carbons (Fsp3) is 0.733. The van der Waals surface area contributed by atoms with E-state index in [0.29, 0.717) is 5.41 Å². The highest BCUT2D eigenvalue weighted by atomic mass is 14.6. The molecule has 0 saturated heterocycles. The Morgan fingerprint density at radius 3 is 2.80 bits per heavy atom. The summed E-state index contributed by atoms with van der Waals surface area (Å²) in [6.45, 7) is 9.18. The van der Waals surface area contributed by atoms with Crippen LogP contribution in [-0.2, 0) is 0 Å². The Hall–Kier alpha value is -0.520. The fourth-order valence-electron chi connectivity index (χ4n) is 3.31. The van der Waals surface area contributed by atoms with Crippen molar-refractivity contribution in [1.82, 2.24) is 0 Å². The van der Waals surface area contributed by atoms with E-state index in [-0.39, 0.29) is 0 Å². The summed E-state index contributed by atoms with van der Waals surface area (Å²) >= 11 is 0. The Balaban J connectivity index is 1.84. The molecule has 0 aromatic heterocycles. The second kappa shape index (κ2) is 3.81. The summed E-state index contributed by atoms with van der Waals surface area (Å²) in [6, 6.07) is 0. The van der Waals surface area contributed by atoms with E-state index in [0.717, 1.165) is 11.8 Å². The largest absolute Gasteiger partial charge is 0.0859 e. The second-order valence-corrected chi connectivity index (χ2v) is 5.90. The van der Waals surface area contributed by atoms with Gasteiger partial charge in [0.05, 0.1) is 0 Å². The van der Waals surface area contributed by atoms with Crippen molar-refractivity contribution in [3.05, 3.63) is 23.3 Å². The summed E-state index contributed by atoms with van der Waals surface area (Å²) in [7, 11) is 0. The van der Waals surface area contributed by atoms with Gasteiger partial charge in [-0.25, -0.2) is 0 Å². The molecule has 0 aromatic rings. The van der Waals surface area contributed by atoms with Crippen LogP contribution < -0.4 is 0 Å². The number of fused-ring (bicyclic) bond motifs is 1. The third-order valence-electron chi connectivity index (χ3n) is 4.61. The average Bonchev–Trinajstić information content (AvgIpc) is 2.82. The van der Waals surface area contributed by atoms with Gasteiger partial charge in [0.2, 0.25) is 0 Å². The van der Waals surface area contributed by atoms with Gasteiger partial charge in [0.1, 0.15) is 0 Å². The molecule has 0 aliphatic heterocycles. The number of hydrogen-bond acceptors (Lipinski definition) is 0. The maximum absolute atomic E-state index is 2.48. The summed E-state index contributed by atoms with van der Waals surface area (Å²) < 4.78 is 0. The molecule has 2 aliphatic carbocycles. The van der Waals surface area contributed by atoms with Crippen LogP contribution in [-0.4, -0.2) is 0 Å². The molecule has 0 heteroatoms. The van der Waals surface area contributed by atoms with E-state index >= 15 is 0 Å². The Morgan fingerprint density at radius 2 is 2.33 bits per heavy atom. The van der Waals surface area contributed by atoms with Crippen molar-refractivity contribution in [3.63, 3.8) is 0 Å². The first-order valence-corrected chi connectivity index (χ1v) is 6.36. The molecule has 0 aromatic carbocycles. The van der Waals surface area contributed by atoms with Gasteiger partial charge >= 0.3 is 0 Å². The minimum Gasteiger partial charge on any atom is -0.0859 e. The molecule has 0 bridgehead atoms. The zero-order valence-corrected chi connectivity index (χ0v) is 10.6. The lowest BCUT2D eigenvalue weighted by Gasteiger charge is -2.20. The van der Waals surface area contributed by atoms with Gasteiger partial charge in [-0.15, -0.1) is 0 Å². The molecule has 0 unspecified atom stereocenters. The summed E-state index contributed by atoms with van der Waals surface area (Å²) in [6.07, 6.45) is 10.4. The average molecular weight is 204 g/mol. The molecule has 0 nitrogen and oxygen atoms in total. The van der Waals surface area contributed by atoms with Gasteiger partial charge in [0.25, 0.3) is 0 Å². The third kappa shape index (κ3) is 1.91. The molecule has 0 N–H and O–H groups in total. The molecular formula is C15H24. The van der Waals surface area contributed by atoms with Crippen LogP contribution in [0.3, 0.4) is 0 Å². The zero-order valence-electron chi connectivity index (χ0n) is 10.6. The van der Waals surface area contributed by atoms with Crippen LogP contribution in [0.1, 0.15) is 53.4 Å². The summed E-state index contributed by atoms with van der Waals surface area (Å²) in [4.78, 5) is 0. The van der Waals surface area contributed by atoms with Crippen molar-refractivity contribution in [2.45, 2.75) is 53.4 Å². The van der Waals surface area contributed by atoms with E-state index in [1.54, 1.807) is 5.57 Å². The molecule has 0 radical (unpaired) electrons. The highest BCUT2D eigenvalue weighted by molar-refractivity contribution is 5.29. The van der Waals surface area contributed by atoms with Gasteiger partial charge in [0.15, 0.2) is 0 Å². The molecule has 84 valence electrons. The van der Waals surface area contributed by atoms with Crippen molar-refractivity contribution in [3.8, 4) is 0 Å². The zero-order chi connectivity index (χ0) is 11.1. The number of allylic oxidation sites excluding steroid dienone is 4. The molecule has 0 spiro atoms. The second-order valence-electron chi connectivity index (χ2n) is 5.90. The molecule has 2 aliphatic rings. The number of rotatable bonds is 4. The molecule has 3 atom stereocenters. The van der Waals surface area contributed by atoms with Gasteiger partial charge < -0.3 is 0 Å². The Morgan fingerprint density at radius 1 is 1.60 bits per heavy atom. The van der Waals surface area contributed by atoms with Gasteiger partial charge in [-0.2, -0.15) is 0 Å². The van der Waals surface area contributed by atoms with Gasteiger partial charge in [-0.3, -0.25) is 0 Å². The van der Waals surface area contributed by atoms with Gasteiger partial charge in [-0.05, 0) is 63.7 Å². The van der Waals surface area contributed by atoms with E-state index in [1.165, 1.54) is 31.3 Å². The summed E-state index contributed by atoms with van der Waals surface area (Å²) in [5.74, 6) is 1.87. The fourth-order valence-corrected chi connectivity index (χ4v) is 3.31. The monoisotopic (exact) mass is 204 g/mol. The van der Waals surface area contributed by atoms with Crippen LogP contribution in [0.15, 0.2) is 23.3 Å². The van der Waals surface area contributed by atoms with Crippen LogP contribution in [0.25, 0.3) is 0 Å². The van der Waals surface area contributed by atoms with Crippen molar-refractivity contribution in [2.24, 2.45) is 17.3 Å². The molecule has 2 rings (SSSR count). The highest BCUT2D eigenvalue weighted by Crippen LogP contribution is 2.67. The quantitative estimate of drug-likeness (QED) is 0.581. The van der Waals surface area contributed by atoms with Crippen LogP contribution in [0.4, 0.5) is 0 Å². The SMILES string of the molecule is CC(C)=CCC[C@H](C)[C@]12CC=C(C)[C@@H]1C2. The lowest BCUT2D eigenvalue weighted by atomic mass is 9.84. The maximum atomic E-state index is 2.48. The van der Waals surface area contributed by atoms with E-state index in [2.05, 4.69) is 39.8 Å². The first-order chi connectivity index (χ1) is 7.06. The van der Waals surface area contributed by atoms with E-state index in [9.17, 15) is 0 Å². The van der Waals surface area contributed by atoms with Crippen LogP contribution >= 0.6 is 0 Å². The standard InChI is InChI=1S/C15H24/c1-11(2)6-5-7-13(4)15-9-8-12(3)14(15)10-15/h6,8,13-14H,5,7,9-10H2,1-4H3/t13-,14-,15+/m0/s1. The van der Waals surface area contributed by atoms with Crippen LogP contribution in [0.2, 0.25) is 0 Å². The van der Waals surface area contributed by atoms with Crippen molar-refractivity contribution in [1.29, 1.82) is 0 Å². The predicted molar refractivity (Wildman–Crippen MR) is 66.7 cm³/mol. The minimum atomic E-state index is 0.708. The first kappa shape index (κ1) is 11.0. The Kier molecular flexibility index (Phi) is 2.79. The van der Waals surface area contributed by atoms with Crippen molar-refractivity contribution >= 4 is 0 Å². The van der Waals surface area contributed by atoms with E-state index in [1.807, 2.05) is 0 Å². The molecule has 0 heterocycles. The van der Waals surface area contributed by atoms with Crippen molar-refractivity contribution < 1.29 is 0 Å². The van der Waals surface area contributed by atoms with E-state index < -0.39 is 0 Å². The molecule has 15 heavy (non-hydrogen) atoms. The van der Waals surface area contributed by atoms with E-state index in [4.69, 9.17) is 0 Å². The molecule has 1 fully saturated rings. The van der Waals surface area contributed by atoms with Crippen LogP contribution in [0.5, 0.6) is 0 Å². The minimum absolute atomic E-state index is 0.708. The lowest BCUT2D eigenvalue weighted by Crippen LogP contribution is -2.12. The molecule has 1 saturated carbocycles. The Labute approximate surface area is 94.5 Å². The molecule has 0 amide bonds. The lowest BCUT2D eigenvalue weighted by molar-refractivity contribution is 0.309. The first-order valence-electron chi connectivity index (χ1n) is 6.36.